The van der Waals surface area contributed by atoms with Gasteiger partial charge < -0.3 is 4.90 Å². The zero-order valence-electron chi connectivity index (χ0n) is 8.96. The summed E-state index contributed by atoms with van der Waals surface area (Å²) in [6, 6.07) is 5.86. The third-order valence-electron chi connectivity index (χ3n) is 2.31. The minimum atomic E-state index is 0.757. The third kappa shape index (κ3) is 2.46. The molecule has 0 fully saturated rings. The molecule has 0 radical (unpaired) electrons. The van der Waals surface area contributed by atoms with E-state index in [1.165, 1.54) is 11.3 Å². The fraction of sp³-hybridized carbons (Fsp3) is 0.167. The van der Waals surface area contributed by atoms with Gasteiger partial charge >= 0.3 is 0 Å². The highest BCUT2D eigenvalue weighted by Gasteiger charge is 2.04. The molecule has 0 aromatic carbocycles. The Hall–Kier alpha value is -1.68. The first-order valence-electron chi connectivity index (χ1n) is 4.93. The van der Waals surface area contributed by atoms with Crippen LogP contribution < -0.4 is 4.90 Å². The molecule has 0 saturated carbocycles. The van der Waals surface area contributed by atoms with Crippen LogP contribution in [0.5, 0.6) is 0 Å². The summed E-state index contributed by atoms with van der Waals surface area (Å²) in [6.07, 6.45) is 4.49. The van der Waals surface area contributed by atoms with Crippen molar-refractivity contribution < 1.29 is 4.79 Å². The van der Waals surface area contributed by atoms with Gasteiger partial charge in [0.15, 0.2) is 6.29 Å². The lowest BCUT2D eigenvalue weighted by Gasteiger charge is -2.16. The molecule has 3 nitrogen and oxygen atoms in total. The average Bonchev–Trinajstić information content (AvgIpc) is 2.79. The van der Waals surface area contributed by atoms with Crippen LogP contribution in [0.25, 0.3) is 0 Å². The second-order valence-electron chi connectivity index (χ2n) is 3.54. The molecule has 0 bridgehead atoms. The maximum atomic E-state index is 10.6. The zero-order chi connectivity index (χ0) is 11.4. The van der Waals surface area contributed by atoms with Crippen molar-refractivity contribution >= 4 is 23.3 Å². The van der Waals surface area contributed by atoms with E-state index in [4.69, 9.17) is 0 Å². The lowest BCUT2D eigenvalue weighted by molar-refractivity contribution is 0.112. The molecule has 0 spiro atoms. The van der Waals surface area contributed by atoms with Crippen molar-refractivity contribution in [2.45, 2.75) is 6.54 Å². The number of aromatic nitrogens is 1. The smallest absolute Gasteiger partial charge is 0.160 e. The molecule has 2 aromatic rings. The number of anilines is 1. The minimum absolute atomic E-state index is 0.757. The van der Waals surface area contributed by atoms with E-state index < -0.39 is 0 Å². The van der Waals surface area contributed by atoms with Gasteiger partial charge in [0.05, 0.1) is 4.88 Å². The fourth-order valence-corrected chi connectivity index (χ4v) is 2.21. The van der Waals surface area contributed by atoms with E-state index in [1.54, 1.807) is 6.20 Å². The van der Waals surface area contributed by atoms with Gasteiger partial charge in [-0.05, 0) is 17.7 Å². The first-order valence-corrected chi connectivity index (χ1v) is 5.81. The summed E-state index contributed by atoms with van der Waals surface area (Å²) in [5, 5.41) is 1.99. The van der Waals surface area contributed by atoms with E-state index in [0.717, 1.165) is 29.0 Å². The Labute approximate surface area is 98.4 Å². The molecule has 0 atom stereocenters. The largest absolute Gasteiger partial charge is 0.370 e. The molecule has 0 amide bonds. The molecule has 2 aromatic heterocycles. The van der Waals surface area contributed by atoms with Crippen LogP contribution in [0.3, 0.4) is 0 Å². The molecule has 2 heterocycles. The maximum absolute atomic E-state index is 10.6. The number of hydrogen-bond acceptors (Lipinski definition) is 4. The molecule has 16 heavy (non-hydrogen) atoms. The number of aldehydes is 1. The lowest BCUT2D eigenvalue weighted by atomic mass is 10.2. The summed E-state index contributed by atoms with van der Waals surface area (Å²) in [6.45, 7) is 0.795. The predicted octanol–water partition coefficient (Wildman–Crippen LogP) is 2.59. The van der Waals surface area contributed by atoms with Gasteiger partial charge in [0.1, 0.15) is 0 Å². The summed E-state index contributed by atoms with van der Waals surface area (Å²) in [4.78, 5) is 17.5. The first-order chi connectivity index (χ1) is 7.79. The second kappa shape index (κ2) is 4.90. The molecule has 0 aliphatic carbocycles. The summed E-state index contributed by atoms with van der Waals surface area (Å²) < 4.78 is 0. The number of carbonyl (C=O) groups excluding carboxylic acids is 1. The minimum Gasteiger partial charge on any atom is -0.370 e. The lowest BCUT2D eigenvalue weighted by Crippen LogP contribution is -2.15. The van der Waals surface area contributed by atoms with Crippen molar-refractivity contribution in [2.24, 2.45) is 0 Å². The van der Waals surface area contributed by atoms with Crippen LogP contribution >= 0.6 is 11.3 Å². The second-order valence-corrected chi connectivity index (χ2v) is 4.49. The van der Waals surface area contributed by atoms with E-state index in [0.29, 0.717) is 0 Å². The summed E-state index contributed by atoms with van der Waals surface area (Å²) in [7, 11) is 2.00. The number of hydrogen-bond donors (Lipinski definition) is 0. The fourth-order valence-electron chi connectivity index (χ4n) is 1.46. The number of rotatable bonds is 4. The van der Waals surface area contributed by atoms with Crippen LogP contribution in [0.1, 0.15) is 15.2 Å². The van der Waals surface area contributed by atoms with Crippen molar-refractivity contribution in [1.82, 2.24) is 4.98 Å². The van der Waals surface area contributed by atoms with Gasteiger partial charge in [0.25, 0.3) is 0 Å². The van der Waals surface area contributed by atoms with E-state index >= 15 is 0 Å². The quantitative estimate of drug-likeness (QED) is 0.760. The Morgan fingerprint density at radius 2 is 2.44 bits per heavy atom. The molecule has 0 unspecified atom stereocenters. The molecule has 0 aliphatic rings. The average molecular weight is 232 g/mol. The molecular formula is C12H12N2OS. The molecule has 2 rings (SSSR count). The Kier molecular flexibility index (Phi) is 3.31. The monoisotopic (exact) mass is 232 g/mol. The normalized spacial score (nSPS) is 10.1. The van der Waals surface area contributed by atoms with Crippen molar-refractivity contribution in [3.8, 4) is 0 Å². The van der Waals surface area contributed by atoms with Gasteiger partial charge in [0, 0.05) is 37.1 Å². The van der Waals surface area contributed by atoms with Crippen molar-refractivity contribution in [2.75, 3.05) is 11.9 Å². The highest BCUT2D eigenvalue weighted by molar-refractivity contribution is 7.12. The van der Waals surface area contributed by atoms with Gasteiger partial charge in [0.2, 0.25) is 0 Å². The Balaban J connectivity index is 2.08. The SMILES string of the molecule is CN(Cc1cccnc1)c1csc(C=O)c1. The Bertz CT molecular complexity index is 467. The van der Waals surface area contributed by atoms with Gasteiger partial charge in [-0.25, -0.2) is 0 Å². The highest BCUT2D eigenvalue weighted by atomic mass is 32.1. The van der Waals surface area contributed by atoms with Crippen LogP contribution in [-0.2, 0) is 6.54 Å². The number of thiophene rings is 1. The van der Waals surface area contributed by atoms with E-state index in [-0.39, 0.29) is 0 Å². The highest BCUT2D eigenvalue weighted by Crippen LogP contribution is 2.22. The van der Waals surface area contributed by atoms with Gasteiger partial charge in [-0.1, -0.05) is 6.07 Å². The molecule has 0 N–H and O–H groups in total. The van der Waals surface area contributed by atoms with Gasteiger partial charge in [-0.2, -0.15) is 0 Å². The topological polar surface area (TPSA) is 33.2 Å². The van der Waals surface area contributed by atoms with E-state index in [9.17, 15) is 4.79 Å². The predicted molar refractivity (Wildman–Crippen MR) is 66.1 cm³/mol. The molecule has 82 valence electrons. The van der Waals surface area contributed by atoms with Crippen LogP contribution in [-0.4, -0.2) is 18.3 Å². The van der Waals surface area contributed by atoms with Crippen LogP contribution in [0.4, 0.5) is 5.69 Å². The van der Waals surface area contributed by atoms with Crippen molar-refractivity contribution in [3.05, 3.63) is 46.4 Å². The van der Waals surface area contributed by atoms with Gasteiger partial charge in [-0.15, -0.1) is 11.3 Å². The van der Waals surface area contributed by atoms with Crippen LogP contribution in [0, 0.1) is 0 Å². The van der Waals surface area contributed by atoms with E-state index in [1.807, 2.05) is 36.8 Å². The number of carbonyl (C=O) groups is 1. The number of pyridine rings is 1. The zero-order valence-corrected chi connectivity index (χ0v) is 9.78. The summed E-state index contributed by atoms with van der Waals surface area (Å²) in [5.74, 6) is 0. The molecule has 4 heteroatoms. The van der Waals surface area contributed by atoms with Crippen LogP contribution in [0.2, 0.25) is 0 Å². The van der Waals surface area contributed by atoms with Crippen molar-refractivity contribution in [1.29, 1.82) is 0 Å². The Morgan fingerprint density at radius 1 is 1.56 bits per heavy atom. The van der Waals surface area contributed by atoms with Gasteiger partial charge in [-0.3, -0.25) is 9.78 Å². The standard InChI is InChI=1S/C12H12N2OS/c1-14(7-10-3-2-4-13-6-10)11-5-12(8-15)16-9-11/h2-6,8-9H,7H2,1H3. The van der Waals surface area contributed by atoms with E-state index in [2.05, 4.69) is 9.88 Å². The van der Waals surface area contributed by atoms with Crippen LogP contribution in [0.15, 0.2) is 36.0 Å². The number of nitrogens with zero attached hydrogens (tertiary/aromatic N) is 2. The third-order valence-corrected chi connectivity index (χ3v) is 3.15. The first kappa shape index (κ1) is 10.8. The maximum Gasteiger partial charge on any atom is 0.160 e. The summed E-state index contributed by atoms with van der Waals surface area (Å²) in [5.41, 5.74) is 2.22. The van der Waals surface area contributed by atoms with Crippen molar-refractivity contribution in [3.63, 3.8) is 0 Å². The molecule has 0 aliphatic heterocycles. The summed E-state index contributed by atoms with van der Waals surface area (Å²) >= 11 is 1.46. The Morgan fingerprint density at radius 3 is 3.06 bits per heavy atom. The molecular weight excluding hydrogens is 220 g/mol. The molecule has 0 saturated heterocycles.